The number of nitrogens with one attached hydrogen (secondary N) is 1. The van der Waals surface area contributed by atoms with Crippen molar-refractivity contribution in [2.75, 3.05) is 30.4 Å². The number of methoxy groups -OCH3 is 1. The zero-order valence-corrected chi connectivity index (χ0v) is 17.4. The Kier molecular flexibility index (Phi) is 5.88. The van der Waals surface area contributed by atoms with Gasteiger partial charge in [-0.3, -0.25) is 0 Å². The zero-order valence-electron chi connectivity index (χ0n) is 16.6. The normalized spacial score (nSPS) is 14.5. The summed E-state index contributed by atoms with van der Waals surface area (Å²) in [6.07, 6.45) is 1.12. The number of anilines is 2. The van der Waals surface area contributed by atoms with E-state index in [0.29, 0.717) is 54.6 Å². The van der Waals surface area contributed by atoms with Gasteiger partial charge in [-0.05, 0) is 48.7 Å². The van der Waals surface area contributed by atoms with Crippen LogP contribution in [0, 0.1) is 11.3 Å². The Labute approximate surface area is 179 Å². The lowest BCUT2D eigenvalue weighted by Crippen LogP contribution is -2.36. The summed E-state index contributed by atoms with van der Waals surface area (Å²) in [6.45, 7) is 1.93. The number of aliphatic hydroxyl groups excluding tert-OH is 1. The van der Waals surface area contributed by atoms with Crippen LogP contribution in [0.4, 0.5) is 11.6 Å². The van der Waals surface area contributed by atoms with E-state index in [1.807, 2.05) is 30.3 Å². The average molecular weight is 424 g/mol. The monoisotopic (exact) mass is 423 g/mol. The molecule has 7 nitrogen and oxygen atoms in total. The lowest BCUT2D eigenvalue weighted by atomic mass is 10.1. The second-order valence-electron chi connectivity index (χ2n) is 7.29. The van der Waals surface area contributed by atoms with Crippen LogP contribution < -0.4 is 15.0 Å². The number of ether oxygens (including phenoxy) is 1. The summed E-state index contributed by atoms with van der Waals surface area (Å²) >= 11 is 6.22. The molecule has 0 spiro atoms. The van der Waals surface area contributed by atoms with Gasteiger partial charge in [0.2, 0.25) is 0 Å². The number of benzene rings is 2. The first-order valence-corrected chi connectivity index (χ1v) is 10.2. The van der Waals surface area contributed by atoms with Crippen molar-refractivity contribution in [1.82, 2.24) is 10.2 Å². The topological polar surface area (TPSA) is 94.3 Å². The highest BCUT2D eigenvalue weighted by Gasteiger charge is 2.21. The molecule has 1 aromatic heterocycles. The van der Waals surface area contributed by atoms with E-state index in [1.54, 1.807) is 13.2 Å². The van der Waals surface area contributed by atoms with Gasteiger partial charge in [-0.25, -0.2) is 0 Å². The van der Waals surface area contributed by atoms with Crippen LogP contribution in [0.2, 0.25) is 5.02 Å². The zero-order chi connectivity index (χ0) is 21.1. The van der Waals surface area contributed by atoms with Gasteiger partial charge < -0.3 is 20.1 Å². The Morgan fingerprint density at radius 1 is 1.20 bits per heavy atom. The molecule has 3 aromatic rings. The highest BCUT2D eigenvalue weighted by molar-refractivity contribution is 6.32. The SMILES string of the molecule is COc1ccc(CNc2nnc(N3CCC(O)CC3)c3cc(C#N)ccc23)cc1Cl. The molecule has 2 N–H and O–H groups in total. The summed E-state index contributed by atoms with van der Waals surface area (Å²) in [6, 6.07) is 13.3. The maximum Gasteiger partial charge on any atom is 0.159 e. The van der Waals surface area contributed by atoms with Gasteiger partial charge in [0.1, 0.15) is 5.75 Å². The Hall–Kier alpha value is -3.08. The third kappa shape index (κ3) is 4.11. The lowest BCUT2D eigenvalue weighted by molar-refractivity contribution is 0.145. The minimum atomic E-state index is -0.271. The average Bonchev–Trinajstić information content (AvgIpc) is 2.77. The molecule has 1 saturated heterocycles. The summed E-state index contributed by atoms with van der Waals surface area (Å²) in [5.74, 6) is 2.01. The standard InChI is InChI=1S/C22H22ClN5O2/c1-30-20-5-3-15(11-19(20)23)13-25-21-17-4-2-14(12-24)10-18(17)22(27-26-21)28-8-6-16(29)7-9-28/h2-5,10-11,16,29H,6-9,13H2,1H3,(H,25,26). The minimum absolute atomic E-state index is 0.271. The number of fused-ring (bicyclic) bond motifs is 1. The van der Waals surface area contributed by atoms with Crippen molar-refractivity contribution < 1.29 is 9.84 Å². The third-order valence-electron chi connectivity index (χ3n) is 5.33. The molecule has 2 heterocycles. The quantitative estimate of drug-likeness (QED) is 0.645. The van der Waals surface area contributed by atoms with Crippen LogP contribution in [-0.4, -0.2) is 41.6 Å². The van der Waals surface area contributed by atoms with Gasteiger partial charge in [-0.1, -0.05) is 17.7 Å². The Morgan fingerprint density at radius 3 is 2.70 bits per heavy atom. The van der Waals surface area contributed by atoms with Crippen molar-refractivity contribution in [2.24, 2.45) is 0 Å². The first kappa shape index (κ1) is 20.2. The van der Waals surface area contributed by atoms with E-state index < -0.39 is 0 Å². The van der Waals surface area contributed by atoms with Gasteiger partial charge in [-0.2, -0.15) is 5.26 Å². The Morgan fingerprint density at radius 2 is 2.00 bits per heavy atom. The van der Waals surface area contributed by atoms with Crippen LogP contribution in [0.3, 0.4) is 0 Å². The number of aliphatic hydroxyl groups is 1. The predicted octanol–water partition coefficient (Wildman–Crippen LogP) is 3.74. The molecule has 0 amide bonds. The van der Waals surface area contributed by atoms with Crippen LogP contribution >= 0.6 is 11.6 Å². The highest BCUT2D eigenvalue weighted by atomic mass is 35.5. The first-order valence-electron chi connectivity index (χ1n) is 9.79. The molecule has 1 fully saturated rings. The number of piperidine rings is 1. The number of hydrogen-bond donors (Lipinski definition) is 2. The number of halogens is 1. The van der Waals surface area contributed by atoms with E-state index in [9.17, 15) is 10.4 Å². The molecule has 0 aliphatic carbocycles. The second-order valence-corrected chi connectivity index (χ2v) is 7.69. The molecule has 0 atom stereocenters. The number of nitriles is 1. The van der Waals surface area contributed by atoms with Crippen molar-refractivity contribution in [1.29, 1.82) is 5.26 Å². The van der Waals surface area contributed by atoms with E-state index in [4.69, 9.17) is 16.3 Å². The molecule has 0 saturated carbocycles. The summed E-state index contributed by atoms with van der Waals surface area (Å²) < 4.78 is 5.20. The van der Waals surface area contributed by atoms with Crippen molar-refractivity contribution in [3.05, 3.63) is 52.5 Å². The highest BCUT2D eigenvalue weighted by Crippen LogP contribution is 2.32. The smallest absolute Gasteiger partial charge is 0.159 e. The van der Waals surface area contributed by atoms with Crippen molar-refractivity contribution in [3.8, 4) is 11.8 Å². The van der Waals surface area contributed by atoms with Gasteiger partial charge in [0.15, 0.2) is 11.6 Å². The molecular weight excluding hydrogens is 402 g/mol. The van der Waals surface area contributed by atoms with E-state index in [-0.39, 0.29) is 6.10 Å². The molecule has 4 rings (SSSR count). The number of hydrogen-bond acceptors (Lipinski definition) is 7. The van der Waals surface area contributed by atoms with E-state index in [2.05, 4.69) is 26.5 Å². The minimum Gasteiger partial charge on any atom is -0.495 e. The van der Waals surface area contributed by atoms with Gasteiger partial charge in [0.05, 0.1) is 29.9 Å². The fourth-order valence-corrected chi connectivity index (χ4v) is 3.94. The van der Waals surface area contributed by atoms with Gasteiger partial charge >= 0.3 is 0 Å². The van der Waals surface area contributed by atoms with Crippen LogP contribution in [0.25, 0.3) is 10.8 Å². The van der Waals surface area contributed by atoms with Gasteiger partial charge in [0, 0.05) is 30.4 Å². The van der Waals surface area contributed by atoms with E-state index in [1.165, 1.54) is 0 Å². The molecule has 0 radical (unpaired) electrons. The molecule has 154 valence electrons. The van der Waals surface area contributed by atoms with Crippen LogP contribution in [0.15, 0.2) is 36.4 Å². The number of aromatic nitrogens is 2. The van der Waals surface area contributed by atoms with Crippen molar-refractivity contribution in [2.45, 2.75) is 25.5 Å². The maximum absolute atomic E-state index is 9.81. The second kappa shape index (κ2) is 8.74. The van der Waals surface area contributed by atoms with Gasteiger partial charge in [0.25, 0.3) is 0 Å². The van der Waals surface area contributed by atoms with Gasteiger partial charge in [-0.15, -0.1) is 10.2 Å². The molecule has 1 aliphatic heterocycles. The fraction of sp³-hybridized carbons (Fsp3) is 0.318. The Bertz CT molecular complexity index is 1110. The predicted molar refractivity (Wildman–Crippen MR) is 117 cm³/mol. The maximum atomic E-state index is 9.81. The van der Waals surface area contributed by atoms with Crippen molar-refractivity contribution >= 4 is 34.0 Å². The van der Waals surface area contributed by atoms with Crippen LogP contribution in [0.5, 0.6) is 5.75 Å². The molecule has 1 aliphatic rings. The number of nitrogens with zero attached hydrogens (tertiary/aromatic N) is 4. The molecule has 0 unspecified atom stereocenters. The van der Waals surface area contributed by atoms with Crippen LogP contribution in [-0.2, 0) is 6.54 Å². The first-order chi connectivity index (χ1) is 14.6. The fourth-order valence-electron chi connectivity index (χ4n) is 3.66. The van der Waals surface area contributed by atoms with Crippen LogP contribution in [0.1, 0.15) is 24.0 Å². The molecule has 2 aromatic carbocycles. The summed E-state index contributed by atoms with van der Waals surface area (Å²) in [4.78, 5) is 2.12. The number of rotatable bonds is 5. The summed E-state index contributed by atoms with van der Waals surface area (Å²) in [7, 11) is 1.58. The molecule has 0 bridgehead atoms. The van der Waals surface area contributed by atoms with E-state index in [0.717, 1.165) is 22.2 Å². The largest absolute Gasteiger partial charge is 0.495 e. The summed E-state index contributed by atoms with van der Waals surface area (Å²) in [5, 5.41) is 33.7. The Balaban J connectivity index is 1.65. The molecular formula is C22H22ClN5O2. The van der Waals surface area contributed by atoms with E-state index >= 15 is 0 Å². The lowest BCUT2D eigenvalue weighted by Gasteiger charge is -2.31. The third-order valence-corrected chi connectivity index (χ3v) is 5.62. The summed E-state index contributed by atoms with van der Waals surface area (Å²) in [5.41, 5.74) is 1.56. The molecule has 30 heavy (non-hydrogen) atoms. The molecule has 8 heteroatoms. The van der Waals surface area contributed by atoms with Crippen molar-refractivity contribution in [3.63, 3.8) is 0 Å².